The van der Waals surface area contributed by atoms with Crippen LogP contribution >= 0.6 is 0 Å². The molecule has 3 unspecified atom stereocenters. The van der Waals surface area contributed by atoms with Crippen molar-refractivity contribution in [3.8, 4) is 0 Å². The van der Waals surface area contributed by atoms with Gasteiger partial charge in [-0.25, -0.2) is 0 Å². The highest BCUT2D eigenvalue weighted by molar-refractivity contribution is 5.88. The summed E-state index contributed by atoms with van der Waals surface area (Å²) in [6.07, 6.45) is -8.00. The number of aliphatic hydroxyl groups excluding tert-OH is 2. The first kappa shape index (κ1) is 43.2. The van der Waals surface area contributed by atoms with E-state index in [1.165, 1.54) is 13.8 Å². The number of methoxy groups -OCH3 is 1. The predicted octanol–water partition coefficient (Wildman–Crippen LogP) is 2.06. The summed E-state index contributed by atoms with van der Waals surface area (Å²) in [5.41, 5.74) is -5.01. The summed E-state index contributed by atoms with van der Waals surface area (Å²) in [7, 11) is 5.33. The van der Waals surface area contributed by atoms with E-state index in [2.05, 4.69) is 5.16 Å². The van der Waals surface area contributed by atoms with Crippen molar-refractivity contribution in [1.82, 2.24) is 4.90 Å². The number of hydrogen-bond acceptors (Lipinski definition) is 15. The Balaban J connectivity index is 1.82. The molecule has 0 amide bonds. The van der Waals surface area contributed by atoms with Crippen LogP contribution in [0.1, 0.15) is 88.5 Å². The Morgan fingerprint density at radius 2 is 1.52 bits per heavy atom. The average Bonchev–Trinajstić information content (AvgIpc) is 3.87. The van der Waals surface area contributed by atoms with E-state index in [1.807, 2.05) is 39.8 Å². The molecule has 0 aliphatic carbocycles. The van der Waals surface area contributed by atoms with Crippen LogP contribution in [0.2, 0.25) is 0 Å². The van der Waals surface area contributed by atoms with E-state index in [4.69, 9.17) is 33.2 Å². The number of epoxide rings is 1. The number of cyclic esters (lactones) is 1. The van der Waals surface area contributed by atoms with Crippen LogP contribution in [0.4, 0.5) is 0 Å². The SMILES string of the molecule is CO[C@@]1(C)C[C@H](O[C@H]2[C@H](C)[C@@H](O[C@@H]3OC(C)C[C@@H](N(C)C)C3O)[C@](C)(O)C[C@@H](C)/C(=N\O)[C@H](C)[C@@H](O)[C@](C)(O)[C@@H](C)OC(=O)[C@@H]2C)OC(C)[C@@]12CO2. The number of nitrogens with zero attached hydrogens (tertiary/aromatic N) is 2. The lowest BCUT2D eigenvalue weighted by Crippen LogP contribution is -2.62. The fourth-order valence-electron chi connectivity index (χ4n) is 8.86. The first-order valence-electron chi connectivity index (χ1n) is 18.7. The van der Waals surface area contributed by atoms with Gasteiger partial charge >= 0.3 is 5.97 Å². The van der Waals surface area contributed by atoms with E-state index < -0.39 is 101 Å². The van der Waals surface area contributed by atoms with Crippen LogP contribution in [0.15, 0.2) is 5.16 Å². The zero-order valence-corrected chi connectivity index (χ0v) is 33.3. The van der Waals surface area contributed by atoms with Gasteiger partial charge in [0.05, 0.1) is 54.4 Å². The van der Waals surface area contributed by atoms with Gasteiger partial charge in [-0.05, 0) is 75.4 Å². The second kappa shape index (κ2) is 15.9. The van der Waals surface area contributed by atoms with Gasteiger partial charge in [-0.1, -0.05) is 25.9 Å². The zero-order valence-electron chi connectivity index (χ0n) is 33.3. The van der Waals surface area contributed by atoms with Crippen molar-refractivity contribution in [1.29, 1.82) is 0 Å². The summed E-state index contributed by atoms with van der Waals surface area (Å²) in [6.45, 7) is 17.3. The molecule has 4 aliphatic rings. The van der Waals surface area contributed by atoms with E-state index in [0.717, 1.165) is 0 Å². The molecule has 52 heavy (non-hydrogen) atoms. The molecular formula is C37H66N2O13. The van der Waals surface area contributed by atoms with Crippen molar-refractivity contribution in [3.05, 3.63) is 0 Å². The van der Waals surface area contributed by atoms with E-state index in [9.17, 15) is 30.4 Å². The number of likely N-dealkylation sites (N-methyl/N-ethyl adjacent to an activating group) is 1. The summed E-state index contributed by atoms with van der Waals surface area (Å²) >= 11 is 0. The van der Waals surface area contributed by atoms with Crippen molar-refractivity contribution in [2.45, 2.75) is 172 Å². The molecule has 4 rings (SSSR count). The standard InChI is InChI=1S/C37H66N2O13/c1-18-15-34(8,43)31(52-33-28(40)25(39(11)12)14-19(2)48-33)21(4)29(51-26-16-35(9,46-13)37(17-47-37)24(7)49-26)22(5)32(42)50-23(6)36(10,44)30(41)20(3)27(18)38-45/h18-26,28-31,33,40-41,43-45H,14-17H2,1-13H3/b38-27+/t18-,19?,20+,21+,22-,23-,24?,25-,26+,28?,29+,30-,31-,33+,34-,35+,36-,37+/m1/s1. The number of carbonyl (C=O) groups is 1. The molecule has 0 aromatic carbocycles. The predicted molar refractivity (Wildman–Crippen MR) is 189 cm³/mol. The Labute approximate surface area is 308 Å². The van der Waals surface area contributed by atoms with Gasteiger partial charge in [0.1, 0.15) is 29.0 Å². The lowest BCUT2D eigenvalue weighted by atomic mass is 9.74. The van der Waals surface area contributed by atoms with Crippen LogP contribution in [0.3, 0.4) is 0 Å². The maximum absolute atomic E-state index is 14.1. The van der Waals surface area contributed by atoms with Crippen molar-refractivity contribution >= 4 is 11.7 Å². The number of carbonyl (C=O) groups excluding carboxylic acids is 1. The topological polar surface area (TPSA) is 202 Å². The van der Waals surface area contributed by atoms with Crippen LogP contribution in [0.25, 0.3) is 0 Å². The third-order valence-corrected chi connectivity index (χ3v) is 12.7. The Bertz CT molecular complexity index is 1260. The Morgan fingerprint density at radius 3 is 2.06 bits per heavy atom. The molecule has 15 nitrogen and oxygen atoms in total. The third-order valence-electron chi connectivity index (χ3n) is 12.7. The maximum atomic E-state index is 14.1. The summed E-state index contributed by atoms with van der Waals surface area (Å²) in [5, 5.41) is 60.7. The zero-order chi connectivity index (χ0) is 39.3. The minimum Gasteiger partial charge on any atom is -0.459 e. The molecule has 0 radical (unpaired) electrons. The Kier molecular flexibility index (Phi) is 13.2. The van der Waals surface area contributed by atoms with E-state index in [0.29, 0.717) is 13.0 Å². The summed E-state index contributed by atoms with van der Waals surface area (Å²) in [4.78, 5) is 16.0. The first-order valence-corrected chi connectivity index (χ1v) is 18.7. The Morgan fingerprint density at radius 1 is 0.904 bits per heavy atom. The number of aliphatic hydroxyl groups is 4. The molecule has 15 heteroatoms. The van der Waals surface area contributed by atoms with Crippen LogP contribution in [0.5, 0.6) is 0 Å². The smallest absolute Gasteiger partial charge is 0.311 e. The molecule has 0 aromatic rings. The van der Waals surface area contributed by atoms with Gasteiger partial charge in [0.25, 0.3) is 0 Å². The number of esters is 1. The average molecular weight is 747 g/mol. The second-order valence-electron chi connectivity index (χ2n) is 16.9. The number of ether oxygens (including phenoxy) is 7. The van der Waals surface area contributed by atoms with Crippen molar-refractivity contribution in [2.24, 2.45) is 28.8 Å². The summed E-state index contributed by atoms with van der Waals surface area (Å²) < 4.78 is 43.7. The molecule has 0 aromatic heterocycles. The molecule has 18 atom stereocenters. The molecule has 1 spiro atoms. The van der Waals surface area contributed by atoms with Gasteiger partial charge in [0, 0.05) is 37.3 Å². The number of rotatable bonds is 6. The van der Waals surface area contributed by atoms with Crippen LogP contribution in [-0.4, -0.2) is 154 Å². The van der Waals surface area contributed by atoms with Crippen LogP contribution in [-0.2, 0) is 38.0 Å². The molecule has 302 valence electrons. The highest BCUT2D eigenvalue weighted by Gasteiger charge is 2.67. The second-order valence-corrected chi connectivity index (χ2v) is 16.9. The number of hydrogen-bond donors (Lipinski definition) is 5. The lowest BCUT2D eigenvalue weighted by molar-refractivity contribution is -0.315. The van der Waals surface area contributed by atoms with Gasteiger partial charge in [-0.3, -0.25) is 4.79 Å². The molecule has 4 fully saturated rings. The van der Waals surface area contributed by atoms with Gasteiger partial charge in [-0.15, -0.1) is 0 Å². The van der Waals surface area contributed by atoms with Crippen molar-refractivity contribution in [2.75, 3.05) is 27.8 Å². The molecule has 4 aliphatic heterocycles. The van der Waals surface area contributed by atoms with Gasteiger partial charge < -0.3 is 63.7 Å². The monoisotopic (exact) mass is 746 g/mol. The van der Waals surface area contributed by atoms with Crippen molar-refractivity contribution in [3.63, 3.8) is 0 Å². The summed E-state index contributed by atoms with van der Waals surface area (Å²) in [5.74, 6) is -4.12. The number of oxime groups is 1. The van der Waals surface area contributed by atoms with E-state index >= 15 is 0 Å². The normalized spacial score (nSPS) is 52.0. The van der Waals surface area contributed by atoms with Gasteiger partial charge in [-0.2, -0.15) is 0 Å². The third kappa shape index (κ3) is 8.20. The van der Waals surface area contributed by atoms with Crippen LogP contribution in [0, 0.1) is 23.7 Å². The molecule has 0 bridgehead atoms. The van der Waals surface area contributed by atoms with Crippen LogP contribution < -0.4 is 0 Å². The molecule has 5 N–H and O–H groups in total. The van der Waals surface area contributed by atoms with Crippen molar-refractivity contribution < 1.29 is 63.6 Å². The maximum Gasteiger partial charge on any atom is 0.311 e. The molecule has 0 saturated carbocycles. The quantitative estimate of drug-likeness (QED) is 0.114. The van der Waals surface area contributed by atoms with Gasteiger partial charge in [0.15, 0.2) is 12.6 Å². The van der Waals surface area contributed by atoms with E-state index in [-0.39, 0.29) is 30.7 Å². The highest BCUT2D eigenvalue weighted by atomic mass is 16.7. The Hall–Kier alpha value is -1.50. The fourth-order valence-corrected chi connectivity index (χ4v) is 8.86. The highest BCUT2D eigenvalue weighted by Crippen LogP contribution is 2.51. The lowest BCUT2D eigenvalue weighted by Gasteiger charge is -2.49. The fraction of sp³-hybridized carbons (Fsp3) is 0.946. The largest absolute Gasteiger partial charge is 0.459 e. The minimum atomic E-state index is -1.96. The molecular weight excluding hydrogens is 680 g/mol. The molecule has 4 saturated heterocycles. The summed E-state index contributed by atoms with van der Waals surface area (Å²) in [6, 6.07) is -0.307. The van der Waals surface area contributed by atoms with E-state index in [1.54, 1.807) is 41.7 Å². The van der Waals surface area contributed by atoms with Gasteiger partial charge in [0.2, 0.25) is 0 Å². The minimum absolute atomic E-state index is 0.0459. The molecule has 4 heterocycles. The first-order chi connectivity index (χ1) is 24.0.